The van der Waals surface area contributed by atoms with E-state index in [1.165, 1.54) is 0 Å². The van der Waals surface area contributed by atoms with Gasteiger partial charge in [-0.2, -0.15) is 0 Å². The number of unbranched alkanes of at least 4 members (excludes halogenated alkanes) is 12. The fourth-order valence-electron chi connectivity index (χ4n) is 9.25. The molecular formula is C85H134O17P2. The number of ether oxygens (including phenoxy) is 4. The number of hydrogen-bond acceptors (Lipinski definition) is 15. The Morgan fingerprint density at radius 2 is 0.510 bits per heavy atom. The number of allylic oxidation sites excluding steroid dienone is 32. The maximum absolute atomic E-state index is 13.1. The number of aliphatic hydroxyl groups is 1. The van der Waals surface area contributed by atoms with Gasteiger partial charge in [0.05, 0.1) is 26.4 Å². The zero-order valence-corrected chi connectivity index (χ0v) is 65.6. The Morgan fingerprint density at radius 1 is 0.279 bits per heavy atom. The second-order valence-corrected chi connectivity index (χ2v) is 27.7. The van der Waals surface area contributed by atoms with Gasteiger partial charge in [-0.05, 0) is 173 Å². The minimum Gasteiger partial charge on any atom is -0.462 e. The molecule has 0 amide bonds. The van der Waals surface area contributed by atoms with Gasteiger partial charge in [0.1, 0.15) is 19.3 Å². The Morgan fingerprint density at radius 3 is 0.837 bits per heavy atom. The van der Waals surface area contributed by atoms with Crippen molar-refractivity contribution in [2.45, 2.75) is 277 Å². The molecule has 586 valence electrons. The fraction of sp³-hybridized carbons (Fsp3) is 0.576. The van der Waals surface area contributed by atoms with Gasteiger partial charge in [-0.25, -0.2) is 9.13 Å². The van der Waals surface area contributed by atoms with Crippen molar-refractivity contribution in [3.8, 4) is 0 Å². The van der Waals surface area contributed by atoms with Gasteiger partial charge in [0.15, 0.2) is 12.2 Å². The maximum atomic E-state index is 13.1. The molecule has 17 nitrogen and oxygen atoms in total. The van der Waals surface area contributed by atoms with Gasteiger partial charge in [0.25, 0.3) is 0 Å². The van der Waals surface area contributed by atoms with E-state index in [-0.39, 0.29) is 25.7 Å². The highest BCUT2D eigenvalue weighted by atomic mass is 31.2. The number of phosphoric ester groups is 2. The molecule has 0 rings (SSSR count). The SMILES string of the molecule is CC/C=C\C/C=C\C/C=C\C/C=C\C/C=C\CCCCCC(=O)OCC(COP(=O)(O)OCC(O)COP(=O)(O)OCC(COC(=O)CCC/C=C\C/C=C\C/C=C\C/C=C\C/C=C\CC)OC(=O)CCCC/C=C\C/C=C\C/C=C\C/C=C\CC)OC(=O)CCCCCCC/C=C\C/C=C\CCC. The van der Waals surface area contributed by atoms with Gasteiger partial charge in [0, 0.05) is 25.7 Å². The van der Waals surface area contributed by atoms with Crippen molar-refractivity contribution < 1.29 is 80.2 Å². The monoisotopic (exact) mass is 1490 g/mol. The molecule has 0 heterocycles. The third-order valence-corrected chi connectivity index (χ3v) is 16.9. The van der Waals surface area contributed by atoms with E-state index in [1.54, 1.807) is 0 Å². The van der Waals surface area contributed by atoms with Crippen molar-refractivity contribution in [2.24, 2.45) is 0 Å². The molecule has 0 aromatic carbocycles. The summed E-state index contributed by atoms with van der Waals surface area (Å²) in [7, 11) is -10.0. The predicted octanol–water partition coefficient (Wildman–Crippen LogP) is 22.5. The molecule has 0 aliphatic rings. The first kappa shape index (κ1) is 97.9. The first-order chi connectivity index (χ1) is 50.7. The summed E-state index contributed by atoms with van der Waals surface area (Å²) in [5.41, 5.74) is 0. The number of aliphatic hydroxyl groups excluding tert-OH is 1. The zero-order valence-electron chi connectivity index (χ0n) is 63.9. The Hall–Kier alpha value is -6.10. The molecule has 0 spiro atoms. The molecule has 5 atom stereocenters. The molecule has 0 fully saturated rings. The lowest BCUT2D eigenvalue weighted by molar-refractivity contribution is -0.161. The summed E-state index contributed by atoms with van der Waals surface area (Å²) >= 11 is 0. The molecule has 0 aliphatic carbocycles. The smallest absolute Gasteiger partial charge is 0.462 e. The number of carbonyl (C=O) groups excluding carboxylic acids is 4. The second kappa shape index (κ2) is 75.1. The average Bonchev–Trinajstić information content (AvgIpc) is 0.939. The van der Waals surface area contributed by atoms with Crippen LogP contribution in [0, 0.1) is 0 Å². The average molecular weight is 1490 g/mol. The second-order valence-electron chi connectivity index (χ2n) is 24.8. The van der Waals surface area contributed by atoms with Crippen molar-refractivity contribution in [2.75, 3.05) is 39.6 Å². The molecule has 0 radical (unpaired) electrons. The van der Waals surface area contributed by atoms with Crippen LogP contribution in [0.1, 0.15) is 259 Å². The van der Waals surface area contributed by atoms with Gasteiger partial charge in [-0.15, -0.1) is 0 Å². The predicted molar refractivity (Wildman–Crippen MR) is 426 cm³/mol. The van der Waals surface area contributed by atoms with Crippen molar-refractivity contribution >= 4 is 39.5 Å². The Kier molecular flexibility index (Phi) is 70.7. The van der Waals surface area contributed by atoms with Gasteiger partial charge in [-0.3, -0.25) is 37.3 Å². The highest BCUT2D eigenvalue weighted by Crippen LogP contribution is 2.45. The lowest BCUT2D eigenvalue weighted by Crippen LogP contribution is -2.30. The quantitative estimate of drug-likeness (QED) is 0.0169. The van der Waals surface area contributed by atoms with Crippen molar-refractivity contribution in [1.82, 2.24) is 0 Å². The van der Waals surface area contributed by atoms with Crippen LogP contribution >= 0.6 is 15.6 Å². The van der Waals surface area contributed by atoms with Crippen LogP contribution in [0.2, 0.25) is 0 Å². The molecule has 0 saturated carbocycles. The molecule has 19 heteroatoms. The first-order valence-electron chi connectivity index (χ1n) is 38.7. The van der Waals surface area contributed by atoms with Crippen LogP contribution in [0.25, 0.3) is 0 Å². The first-order valence-corrected chi connectivity index (χ1v) is 41.7. The van der Waals surface area contributed by atoms with E-state index >= 15 is 0 Å². The summed E-state index contributed by atoms with van der Waals surface area (Å²) in [6, 6.07) is 0. The van der Waals surface area contributed by atoms with E-state index < -0.39 is 97.5 Å². The van der Waals surface area contributed by atoms with Crippen LogP contribution in [-0.4, -0.2) is 96.7 Å². The Balaban J connectivity index is 5.49. The highest BCUT2D eigenvalue weighted by molar-refractivity contribution is 7.47. The zero-order chi connectivity index (χ0) is 76.0. The number of carbonyl (C=O) groups is 4. The fourth-order valence-corrected chi connectivity index (χ4v) is 10.8. The van der Waals surface area contributed by atoms with Crippen LogP contribution in [0.5, 0.6) is 0 Å². The summed E-state index contributed by atoms with van der Waals surface area (Å²) in [5, 5.41) is 10.6. The van der Waals surface area contributed by atoms with E-state index in [0.29, 0.717) is 38.5 Å². The minimum atomic E-state index is -5.01. The van der Waals surface area contributed by atoms with E-state index in [9.17, 15) is 43.2 Å². The number of esters is 4. The summed E-state index contributed by atoms with van der Waals surface area (Å²) in [5.74, 6) is -2.37. The van der Waals surface area contributed by atoms with Crippen molar-refractivity contribution in [3.05, 3.63) is 194 Å². The number of rotatable bonds is 70. The molecule has 0 aromatic heterocycles. The summed E-state index contributed by atoms with van der Waals surface area (Å²) in [6.45, 7) is 4.25. The maximum Gasteiger partial charge on any atom is 0.472 e. The van der Waals surface area contributed by atoms with E-state index in [2.05, 4.69) is 204 Å². The van der Waals surface area contributed by atoms with E-state index in [0.717, 1.165) is 167 Å². The third kappa shape index (κ3) is 74.2. The van der Waals surface area contributed by atoms with Crippen LogP contribution in [0.3, 0.4) is 0 Å². The summed E-state index contributed by atoms with van der Waals surface area (Å²) < 4.78 is 68.4. The largest absolute Gasteiger partial charge is 0.472 e. The van der Waals surface area contributed by atoms with Crippen molar-refractivity contribution in [3.63, 3.8) is 0 Å². The minimum absolute atomic E-state index is 0.0215. The molecule has 104 heavy (non-hydrogen) atoms. The Labute approximate surface area is 627 Å². The lowest BCUT2D eigenvalue weighted by atomic mass is 10.1. The lowest BCUT2D eigenvalue weighted by Gasteiger charge is -2.21. The van der Waals surface area contributed by atoms with Crippen LogP contribution < -0.4 is 0 Å². The molecule has 0 aromatic rings. The third-order valence-electron chi connectivity index (χ3n) is 15.0. The van der Waals surface area contributed by atoms with Gasteiger partial charge < -0.3 is 33.8 Å². The highest BCUT2D eigenvalue weighted by Gasteiger charge is 2.30. The van der Waals surface area contributed by atoms with Gasteiger partial charge >= 0.3 is 39.5 Å². The standard InChI is InChI=1S/C85H134O17P2/c1-5-9-13-17-21-25-29-33-36-38-39-41-44-47-50-54-58-62-66-70-83(88)95-75-80(101-84(89)71-67-63-59-55-51-45-32-28-24-20-16-12-8-4)77-99-103(91,92)97-73-79(86)74-98-104(93,94)100-78-81(102-85(90)72-68-64-60-56-52-48-42-35-31-27-23-19-15-11-7-3)76-96-82(87)69-65-61-57-53-49-46-43-40-37-34-30-26-22-18-14-10-6-2/h9-11,13-16,20-23,25-28,32-37,39,41-43,46-47,50,52-53,56-57,79-81,86H,5-8,12,17-19,24,29-31,38,40,44-45,48-49,51,54-55,58-78H2,1-4H3,(H,91,92)(H,93,94)/b13-9-,14-10-,15-11-,20-16-,25-21-,26-22-,27-23-,32-28-,36-33-,37-34-,41-39-,42-35-,46-43-,50-47-,56-52-,57-53-. The van der Waals surface area contributed by atoms with E-state index in [1.807, 2.05) is 18.2 Å². The Bertz CT molecular complexity index is 2740. The number of phosphoric acid groups is 2. The molecule has 3 N–H and O–H groups in total. The molecule has 0 saturated heterocycles. The number of hydrogen-bond donors (Lipinski definition) is 3. The van der Waals surface area contributed by atoms with E-state index in [4.69, 9.17) is 37.0 Å². The molecule has 0 aliphatic heterocycles. The van der Waals surface area contributed by atoms with Gasteiger partial charge in [0.2, 0.25) is 0 Å². The van der Waals surface area contributed by atoms with Crippen LogP contribution in [0.15, 0.2) is 194 Å². The van der Waals surface area contributed by atoms with Crippen LogP contribution in [0.4, 0.5) is 0 Å². The van der Waals surface area contributed by atoms with Gasteiger partial charge in [-0.1, -0.05) is 254 Å². The normalized spacial score (nSPS) is 15.0. The van der Waals surface area contributed by atoms with Crippen molar-refractivity contribution in [1.29, 1.82) is 0 Å². The van der Waals surface area contributed by atoms with Crippen LogP contribution in [-0.2, 0) is 65.4 Å². The summed E-state index contributed by atoms with van der Waals surface area (Å²) in [4.78, 5) is 72.9. The topological polar surface area (TPSA) is 237 Å². The molecule has 0 bridgehead atoms. The molecular weight excluding hydrogens is 1350 g/mol. The molecule has 5 unspecified atom stereocenters. The summed E-state index contributed by atoms with van der Waals surface area (Å²) in [6.07, 6.45) is 91.5.